The van der Waals surface area contributed by atoms with Gasteiger partial charge in [-0.1, -0.05) is 11.3 Å². The van der Waals surface area contributed by atoms with Gasteiger partial charge in [0.05, 0.1) is 11.6 Å². The SMILES string of the molecule is Cc1cc(C)cc(NC(=O)N2CCC(n3nnc4cc(F)ccc43)CC2)c1. The highest BCUT2D eigenvalue weighted by molar-refractivity contribution is 5.89. The van der Waals surface area contributed by atoms with E-state index in [-0.39, 0.29) is 17.9 Å². The van der Waals surface area contributed by atoms with Crippen molar-refractivity contribution in [2.75, 3.05) is 18.4 Å². The quantitative estimate of drug-likeness (QED) is 0.743. The zero-order valence-electron chi connectivity index (χ0n) is 15.4. The molecule has 0 spiro atoms. The Morgan fingerprint density at radius 2 is 1.81 bits per heavy atom. The van der Waals surface area contributed by atoms with Crippen LogP contribution in [0.3, 0.4) is 0 Å². The molecule has 1 fully saturated rings. The number of aryl methyl sites for hydroxylation is 2. The molecule has 1 aliphatic heterocycles. The third-order valence-electron chi connectivity index (χ3n) is 5.00. The number of carbonyl (C=O) groups excluding carboxylic acids is 1. The minimum atomic E-state index is -0.313. The topological polar surface area (TPSA) is 63.1 Å². The predicted molar refractivity (Wildman–Crippen MR) is 102 cm³/mol. The van der Waals surface area contributed by atoms with Gasteiger partial charge >= 0.3 is 6.03 Å². The molecule has 0 saturated carbocycles. The van der Waals surface area contributed by atoms with E-state index in [9.17, 15) is 9.18 Å². The van der Waals surface area contributed by atoms with E-state index in [0.29, 0.717) is 18.6 Å². The number of amides is 2. The smallest absolute Gasteiger partial charge is 0.321 e. The Balaban J connectivity index is 1.41. The van der Waals surface area contributed by atoms with E-state index in [4.69, 9.17) is 0 Å². The molecule has 0 aliphatic carbocycles. The van der Waals surface area contributed by atoms with E-state index in [1.807, 2.05) is 35.6 Å². The molecule has 0 bridgehead atoms. The van der Waals surface area contributed by atoms with Gasteiger partial charge < -0.3 is 10.2 Å². The third-order valence-corrected chi connectivity index (χ3v) is 5.00. The Labute approximate surface area is 157 Å². The minimum Gasteiger partial charge on any atom is -0.324 e. The van der Waals surface area contributed by atoms with Gasteiger partial charge in [-0.3, -0.25) is 0 Å². The number of likely N-dealkylation sites (tertiary alicyclic amines) is 1. The molecule has 1 aromatic heterocycles. The Morgan fingerprint density at radius 3 is 2.52 bits per heavy atom. The van der Waals surface area contributed by atoms with Crippen molar-refractivity contribution >= 4 is 22.8 Å². The number of hydrogen-bond donors (Lipinski definition) is 1. The maximum absolute atomic E-state index is 13.3. The van der Waals surface area contributed by atoms with Gasteiger partial charge in [0, 0.05) is 24.8 Å². The fourth-order valence-electron chi connectivity index (χ4n) is 3.75. The van der Waals surface area contributed by atoms with Crippen molar-refractivity contribution in [1.29, 1.82) is 0 Å². The molecular formula is C20H22FN5O. The van der Waals surface area contributed by atoms with Crippen LogP contribution in [0, 0.1) is 19.7 Å². The van der Waals surface area contributed by atoms with Gasteiger partial charge in [0.15, 0.2) is 0 Å². The first-order valence-corrected chi connectivity index (χ1v) is 9.14. The van der Waals surface area contributed by atoms with Gasteiger partial charge in [-0.2, -0.15) is 0 Å². The third kappa shape index (κ3) is 3.63. The normalized spacial score (nSPS) is 15.3. The van der Waals surface area contributed by atoms with Crippen molar-refractivity contribution in [3.63, 3.8) is 0 Å². The number of piperidine rings is 1. The first kappa shape index (κ1) is 17.5. The van der Waals surface area contributed by atoms with Crippen molar-refractivity contribution in [2.45, 2.75) is 32.7 Å². The number of halogens is 1. The van der Waals surface area contributed by atoms with Gasteiger partial charge in [0.25, 0.3) is 0 Å². The largest absolute Gasteiger partial charge is 0.324 e. The summed E-state index contributed by atoms with van der Waals surface area (Å²) in [6.07, 6.45) is 1.58. The Kier molecular flexibility index (Phi) is 4.51. The van der Waals surface area contributed by atoms with Gasteiger partial charge in [-0.25, -0.2) is 13.9 Å². The number of anilines is 1. The number of carbonyl (C=O) groups is 1. The zero-order chi connectivity index (χ0) is 19.0. The van der Waals surface area contributed by atoms with E-state index in [1.165, 1.54) is 12.1 Å². The van der Waals surface area contributed by atoms with Crippen LogP contribution in [-0.4, -0.2) is 39.0 Å². The fraction of sp³-hybridized carbons (Fsp3) is 0.350. The summed E-state index contributed by atoms with van der Waals surface area (Å²) in [6.45, 7) is 5.32. The van der Waals surface area contributed by atoms with E-state index >= 15 is 0 Å². The fourth-order valence-corrected chi connectivity index (χ4v) is 3.75. The molecule has 3 aromatic rings. The molecule has 2 aromatic carbocycles. The molecule has 7 heteroatoms. The van der Waals surface area contributed by atoms with Crippen LogP contribution in [-0.2, 0) is 0 Å². The summed E-state index contributed by atoms with van der Waals surface area (Å²) in [5.74, 6) is -0.313. The minimum absolute atomic E-state index is 0.0797. The average Bonchev–Trinajstić information content (AvgIpc) is 3.04. The number of fused-ring (bicyclic) bond motifs is 1. The highest BCUT2D eigenvalue weighted by Crippen LogP contribution is 2.26. The molecule has 140 valence electrons. The van der Waals surface area contributed by atoms with E-state index in [0.717, 1.165) is 35.2 Å². The van der Waals surface area contributed by atoms with Crippen LogP contribution < -0.4 is 5.32 Å². The molecule has 0 atom stereocenters. The summed E-state index contributed by atoms with van der Waals surface area (Å²) >= 11 is 0. The van der Waals surface area contributed by atoms with Crippen LogP contribution in [0.1, 0.15) is 30.0 Å². The number of aromatic nitrogens is 3. The van der Waals surface area contributed by atoms with Gasteiger partial charge in [-0.05, 0) is 62.1 Å². The summed E-state index contributed by atoms with van der Waals surface area (Å²) in [7, 11) is 0. The number of urea groups is 1. The second kappa shape index (κ2) is 6.98. The summed E-state index contributed by atoms with van der Waals surface area (Å²) in [6, 6.07) is 10.6. The lowest BCUT2D eigenvalue weighted by Gasteiger charge is -2.32. The van der Waals surface area contributed by atoms with E-state index in [1.54, 1.807) is 6.07 Å². The molecule has 4 rings (SSSR count). The second-order valence-corrected chi connectivity index (χ2v) is 7.19. The highest BCUT2D eigenvalue weighted by atomic mass is 19.1. The van der Waals surface area contributed by atoms with E-state index in [2.05, 4.69) is 21.7 Å². The Bertz CT molecular complexity index is 971. The number of rotatable bonds is 2. The maximum atomic E-state index is 13.3. The van der Waals surface area contributed by atoms with Crippen LogP contribution in [0.15, 0.2) is 36.4 Å². The molecule has 1 saturated heterocycles. The summed E-state index contributed by atoms with van der Waals surface area (Å²) < 4.78 is 15.2. The molecule has 1 N–H and O–H groups in total. The first-order chi connectivity index (χ1) is 13.0. The van der Waals surface area contributed by atoms with E-state index < -0.39 is 0 Å². The lowest BCUT2D eigenvalue weighted by atomic mass is 10.1. The summed E-state index contributed by atoms with van der Waals surface area (Å²) in [4.78, 5) is 14.4. The average molecular weight is 367 g/mol. The van der Waals surface area contributed by atoms with Gasteiger partial charge in [0.1, 0.15) is 11.3 Å². The standard InChI is InChI=1S/C20H22FN5O/c1-13-9-14(2)11-16(10-13)22-20(27)25-7-5-17(6-8-25)26-19-4-3-15(21)12-18(19)23-24-26/h3-4,9-12,17H,5-8H2,1-2H3,(H,22,27). The predicted octanol–water partition coefficient (Wildman–Crippen LogP) is 4.06. The molecule has 0 unspecified atom stereocenters. The molecule has 27 heavy (non-hydrogen) atoms. The van der Waals surface area contributed by atoms with Gasteiger partial charge in [0.2, 0.25) is 0 Å². The van der Waals surface area contributed by atoms with Crippen molar-refractivity contribution < 1.29 is 9.18 Å². The molecule has 2 amide bonds. The zero-order valence-corrected chi connectivity index (χ0v) is 15.4. The summed E-state index contributed by atoms with van der Waals surface area (Å²) in [5.41, 5.74) is 4.46. The van der Waals surface area contributed by atoms with Crippen molar-refractivity contribution in [2.24, 2.45) is 0 Å². The molecule has 1 aliphatic rings. The summed E-state index contributed by atoms with van der Waals surface area (Å²) in [5, 5.41) is 11.2. The second-order valence-electron chi connectivity index (χ2n) is 7.19. The van der Waals surface area contributed by atoms with Crippen LogP contribution in [0.2, 0.25) is 0 Å². The molecule has 6 nitrogen and oxygen atoms in total. The monoisotopic (exact) mass is 367 g/mol. The van der Waals surface area contributed by atoms with Crippen LogP contribution in [0.4, 0.5) is 14.9 Å². The number of hydrogen-bond acceptors (Lipinski definition) is 3. The Hall–Kier alpha value is -2.96. The molecule has 2 heterocycles. The van der Waals surface area contributed by atoms with Crippen molar-refractivity contribution in [3.05, 3.63) is 53.3 Å². The number of benzene rings is 2. The lowest BCUT2D eigenvalue weighted by Crippen LogP contribution is -2.41. The van der Waals surface area contributed by atoms with Crippen molar-refractivity contribution in [3.8, 4) is 0 Å². The molecule has 0 radical (unpaired) electrons. The Morgan fingerprint density at radius 1 is 1.11 bits per heavy atom. The number of nitrogens with zero attached hydrogens (tertiary/aromatic N) is 4. The molecular weight excluding hydrogens is 345 g/mol. The van der Waals surface area contributed by atoms with Crippen LogP contribution in [0.25, 0.3) is 11.0 Å². The highest BCUT2D eigenvalue weighted by Gasteiger charge is 2.25. The maximum Gasteiger partial charge on any atom is 0.321 e. The number of nitrogens with one attached hydrogen (secondary N) is 1. The van der Waals surface area contributed by atoms with Gasteiger partial charge in [-0.15, -0.1) is 5.10 Å². The van der Waals surface area contributed by atoms with Crippen LogP contribution in [0.5, 0.6) is 0 Å². The first-order valence-electron chi connectivity index (χ1n) is 9.14. The van der Waals surface area contributed by atoms with Crippen molar-refractivity contribution in [1.82, 2.24) is 19.9 Å². The lowest BCUT2D eigenvalue weighted by molar-refractivity contribution is 0.181. The van der Waals surface area contributed by atoms with Crippen LogP contribution >= 0.6 is 0 Å².